The van der Waals surface area contributed by atoms with Gasteiger partial charge in [-0.3, -0.25) is 9.36 Å². The second-order valence-electron chi connectivity index (χ2n) is 13.5. The fourth-order valence-corrected chi connectivity index (χ4v) is 8.87. The Bertz CT molecular complexity index is 1870. The summed E-state index contributed by atoms with van der Waals surface area (Å²) in [6.07, 6.45) is 6.95. The van der Waals surface area contributed by atoms with Crippen LogP contribution in [0.25, 0.3) is 10.9 Å². The van der Waals surface area contributed by atoms with Crippen LogP contribution in [0.2, 0.25) is 0 Å². The Morgan fingerprint density at radius 2 is 1.67 bits per heavy atom. The highest BCUT2D eigenvalue weighted by atomic mass is 32.2. The number of aromatic nitrogens is 3. The van der Waals surface area contributed by atoms with Gasteiger partial charge in [-0.15, -0.1) is 0 Å². The molecule has 0 saturated carbocycles. The van der Waals surface area contributed by atoms with Gasteiger partial charge in [0, 0.05) is 30.8 Å². The molecule has 6 heterocycles. The topological polar surface area (TPSA) is 116 Å². The van der Waals surface area contributed by atoms with E-state index in [2.05, 4.69) is 15.2 Å². The number of nitrogens with one attached hydrogen (secondary N) is 1. The zero-order chi connectivity index (χ0) is 34.2. The van der Waals surface area contributed by atoms with Gasteiger partial charge in [0.15, 0.2) is 0 Å². The first-order valence-electron chi connectivity index (χ1n) is 17.0. The molecule has 0 radical (unpaired) electrons. The van der Waals surface area contributed by atoms with Crippen molar-refractivity contribution in [2.45, 2.75) is 82.7 Å². The van der Waals surface area contributed by atoms with Crippen molar-refractivity contribution in [3.8, 4) is 5.75 Å². The summed E-state index contributed by atoms with van der Waals surface area (Å²) in [5, 5.41) is 3.41. The molecule has 8 bridgehead atoms. The molecule has 3 aromatic rings. The van der Waals surface area contributed by atoms with E-state index in [4.69, 9.17) is 4.74 Å². The molecule has 0 amide bonds. The number of anilines is 1. The van der Waals surface area contributed by atoms with Crippen molar-refractivity contribution in [2.75, 3.05) is 43.1 Å². The normalized spacial score (nSPS) is 25.5. The lowest BCUT2D eigenvalue weighted by atomic mass is 9.85. The molecule has 0 spiro atoms. The molecule has 262 valence electrons. The molecule has 1 aromatic carbocycles. The molecule has 7 rings (SSSR count). The number of nitrogens with zero attached hydrogens (tertiary/aromatic N) is 4. The summed E-state index contributed by atoms with van der Waals surface area (Å²) in [4.78, 5) is 33.6. The maximum atomic E-state index is 16.1. The van der Waals surface area contributed by atoms with E-state index in [-0.39, 0.29) is 66.4 Å². The van der Waals surface area contributed by atoms with Crippen LogP contribution >= 0.6 is 0 Å². The van der Waals surface area contributed by atoms with Crippen molar-refractivity contribution in [1.29, 1.82) is 0 Å². The van der Waals surface area contributed by atoms with Crippen LogP contribution in [0.5, 0.6) is 5.75 Å². The maximum absolute atomic E-state index is 16.1. The Balaban J connectivity index is 1.45. The SMILES string of the molecule is C[C@H]1Nc2nc(=O)n(C)c3c(c(=O)n(C4CCS(=O)(=O)CC4)cc23)OCCCCCCCN2CCC(CC2)C(F)(F)c2cccc1c2F. The molecule has 2 saturated heterocycles. The highest BCUT2D eigenvalue weighted by Crippen LogP contribution is 2.44. The van der Waals surface area contributed by atoms with Gasteiger partial charge in [0.25, 0.3) is 11.5 Å². The van der Waals surface area contributed by atoms with Crippen molar-refractivity contribution in [1.82, 2.24) is 19.0 Å². The van der Waals surface area contributed by atoms with E-state index in [1.54, 1.807) is 13.1 Å². The fraction of sp³-hybridized carbons (Fsp3) is 0.618. The van der Waals surface area contributed by atoms with Gasteiger partial charge in [-0.05, 0) is 65.1 Å². The molecule has 2 aromatic heterocycles. The first kappa shape index (κ1) is 34.5. The number of hydrogen-bond acceptors (Lipinski definition) is 8. The number of hydrogen-bond donors (Lipinski definition) is 1. The van der Waals surface area contributed by atoms with Crippen molar-refractivity contribution in [3.63, 3.8) is 0 Å². The van der Waals surface area contributed by atoms with Gasteiger partial charge in [-0.25, -0.2) is 26.4 Å². The molecule has 0 unspecified atom stereocenters. The van der Waals surface area contributed by atoms with Gasteiger partial charge in [-0.2, -0.15) is 4.98 Å². The van der Waals surface area contributed by atoms with Crippen LogP contribution in [0, 0.1) is 11.7 Å². The molecule has 0 aliphatic carbocycles. The van der Waals surface area contributed by atoms with Crippen LogP contribution in [0.1, 0.15) is 87.9 Å². The Kier molecular flexibility index (Phi) is 9.95. The lowest BCUT2D eigenvalue weighted by Gasteiger charge is -2.36. The van der Waals surface area contributed by atoms with Crippen molar-refractivity contribution in [3.05, 3.63) is 62.2 Å². The minimum atomic E-state index is -3.37. The summed E-state index contributed by atoms with van der Waals surface area (Å²) in [6, 6.07) is 2.67. The average Bonchev–Trinajstić information content (AvgIpc) is 3.05. The summed E-state index contributed by atoms with van der Waals surface area (Å²) in [6.45, 7) is 3.75. The van der Waals surface area contributed by atoms with Crippen LogP contribution in [-0.2, 0) is 22.8 Å². The van der Waals surface area contributed by atoms with E-state index < -0.39 is 56.4 Å². The van der Waals surface area contributed by atoms with Gasteiger partial charge in [0.1, 0.15) is 27.0 Å². The van der Waals surface area contributed by atoms with Crippen LogP contribution in [-0.4, -0.2) is 65.2 Å². The number of pyridine rings is 1. The van der Waals surface area contributed by atoms with Crippen LogP contribution in [0.15, 0.2) is 34.0 Å². The Morgan fingerprint density at radius 1 is 0.979 bits per heavy atom. The molecule has 1 atom stereocenters. The lowest BCUT2D eigenvalue weighted by molar-refractivity contribution is -0.0880. The Labute approximate surface area is 278 Å². The van der Waals surface area contributed by atoms with Crippen molar-refractivity contribution in [2.24, 2.45) is 13.0 Å². The highest BCUT2D eigenvalue weighted by molar-refractivity contribution is 7.91. The standard InChI is InChI=1S/C34H44F3N5O5S/c1-22-25-9-8-10-27(28(25)35)34(36,37)23-11-16-41(17-12-23)15-6-4-3-5-7-18-47-30-29-26(31(38-22)39-33(44)40(29)2)21-42(32(30)43)24-13-19-48(45,46)20-14-24/h8-10,21-24H,3-7,11-20H2,1-2H3,(H,38,39,44)/t22-/m1/s1. The first-order chi connectivity index (χ1) is 22.9. The van der Waals surface area contributed by atoms with Crippen LogP contribution in [0.4, 0.5) is 19.0 Å². The number of rotatable bonds is 1. The Morgan fingerprint density at radius 3 is 2.40 bits per heavy atom. The highest BCUT2D eigenvalue weighted by Gasteiger charge is 2.45. The average molecular weight is 692 g/mol. The number of halogens is 3. The van der Waals surface area contributed by atoms with E-state index in [0.29, 0.717) is 24.9 Å². The first-order valence-corrected chi connectivity index (χ1v) is 18.8. The lowest BCUT2D eigenvalue weighted by Crippen LogP contribution is -2.40. The second-order valence-corrected chi connectivity index (χ2v) is 15.9. The summed E-state index contributed by atoms with van der Waals surface area (Å²) in [5.74, 6) is -5.50. The van der Waals surface area contributed by atoms with Crippen molar-refractivity contribution < 1.29 is 26.3 Å². The number of fused-ring (bicyclic) bond motifs is 10. The molecular weight excluding hydrogens is 647 g/mol. The number of ether oxygens (including phenoxy) is 1. The summed E-state index contributed by atoms with van der Waals surface area (Å²) >= 11 is 0. The van der Waals surface area contributed by atoms with Crippen LogP contribution < -0.4 is 21.3 Å². The monoisotopic (exact) mass is 691 g/mol. The second kappa shape index (κ2) is 13.9. The number of aryl methyl sites for hydroxylation is 1. The summed E-state index contributed by atoms with van der Waals surface area (Å²) < 4.78 is 81.2. The van der Waals surface area contributed by atoms with Gasteiger partial charge < -0.3 is 19.5 Å². The molecule has 48 heavy (non-hydrogen) atoms. The molecule has 4 aliphatic rings. The van der Waals surface area contributed by atoms with Gasteiger partial charge in [0.05, 0.1) is 35.1 Å². The van der Waals surface area contributed by atoms with E-state index in [1.165, 1.54) is 28.3 Å². The molecule has 4 aliphatic heterocycles. The molecule has 1 N–H and O–H groups in total. The minimum absolute atomic E-state index is 0.00957. The molecule has 2 fully saturated rings. The van der Waals surface area contributed by atoms with Gasteiger partial charge >= 0.3 is 5.69 Å². The van der Waals surface area contributed by atoms with E-state index >= 15 is 13.2 Å². The van der Waals surface area contributed by atoms with Crippen molar-refractivity contribution >= 4 is 26.6 Å². The zero-order valence-electron chi connectivity index (χ0n) is 27.5. The molecule has 10 nitrogen and oxygen atoms in total. The quantitative estimate of drug-likeness (QED) is 0.366. The smallest absolute Gasteiger partial charge is 0.349 e. The predicted octanol–water partition coefficient (Wildman–Crippen LogP) is 5.30. The third-order valence-corrected chi connectivity index (χ3v) is 12.1. The number of benzene rings is 1. The van der Waals surface area contributed by atoms with E-state index in [0.717, 1.165) is 38.3 Å². The van der Waals surface area contributed by atoms with Gasteiger partial charge in [0.2, 0.25) is 5.75 Å². The van der Waals surface area contributed by atoms with Gasteiger partial charge in [-0.1, -0.05) is 37.5 Å². The summed E-state index contributed by atoms with van der Waals surface area (Å²) in [7, 11) is -1.73. The molecule has 14 heteroatoms. The van der Waals surface area contributed by atoms with E-state index in [1.807, 2.05) is 0 Å². The number of piperidine rings is 1. The summed E-state index contributed by atoms with van der Waals surface area (Å²) in [5.41, 5.74) is -1.63. The van der Waals surface area contributed by atoms with Crippen LogP contribution in [0.3, 0.4) is 0 Å². The number of alkyl halides is 2. The maximum Gasteiger partial charge on any atom is 0.349 e. The Hall–Kier alpha value is -3.39. The number of sulfone groups is 1. The molecular formula is C34H44F3N5O5S. The predicted molar refractivity (Wildman–Crippen MR) is 178 cm³/mol. The third kappa shape index (κ3) is 6.87. The third-order valence-electron chi connectivity index (χ3n) is 10.3. The zero-order valence-corrected chi connectivity index (χ0v) is 28.3. The minimum Gasteiger partial charge on any atom is -0.486 e. The fourth-order valence-electron chi connectivity index (χ4n) is 7.41. The van der Waals surface area contributed by atoms with E-state index in [9.17, 15) is 18.0 Å². The largest absolute Gasteiger partial charge is 0.486 e.